The molecule has 0 saturated carbocycles. The van der Waals surface area contributed by atoms with Crippen LogP contribution in [0.3, 0.4) is 0 Å². The van der Waals surface area contributed by atoms with Gasteiger partial charge in [-0.25, -0.2) is 9.97 Å². The molecule has 1 unspecified atom stereocenters. The van der Waals surface area contributed by atoms with Crippen molar-refractivity contribution in [1.82, 2.24) is 14.5 Å². The lowest BCUT2D eigenvalue weighted by atomic mass is 10.4. The van der Waals surface area contributed by atoms with Crippen molar-refractivity contribution in [1.29, 1.82) is 0 Å². The van der Waals surface area contributed by atoms with Crippen LogP contribution in [0.15, 0.2) is 18.3 Å². The molecule has 2 aromatic heterocycles. The Balaban J connectivity index is 2.40. The quantitative estimate of drug-likeness (QED) is 0.818. The highest BCUT2D eigenvalue weighted by atomic mass is 32.2. The Morgan fingerprint density at radius 2 is 2.40 bits per heavy atom. The molecule has 0 aliphatic carbocycles. The van der Waals surface area contributed by atoms with Crippen LogP contribution < -0.4 is 5.73 Å². The van der Waals surface area contributed by atoms with Gasteiger partial charge in [0.05, 0.1) is 0 Å². The number of fused-ring (bicyclic) bond motifs is 1. The zero-order chi connectivity index (χ0) is 10.8. The van der Waals surface area contributed by atoms with Gasteiger partial charge >= 0.3 is 0 Å². The molecule has 0 saturated heterocycles. The molecule has 2 aromatic rings. The van der Waals surface area contributed by atoms with Crippen molar-refractivity contribution in [3.8, 4) is 0 Å². The third kappa shape index (κ3) is 1.99. The fraction of sp³-hybridized carbons (Fsp3) is 0.333. The topological polar surface area (TPSA) is 73.8 Å². The van der Waals surface area contributed by atoms with Gasteiger partial charge in [0, 0.05) is 35.5 Å². The predicted octanol–water partition coefficient (Wildman–Crippen LogP) is 0.392. The second-order valence-electron chi connectivity index (χ2n) is 3.25. The SMILES string of the molecule is CS(=O)CCn1c(N)nc2cccnc21. The van der Waals surface area contributed by atoms with Crippen molar-refractivity contribution in [2.45, 2.75) is 6.54 Å². The van der Waals surface area contributed by atoms with Gasteiger partial charge in [0.15, 0.2) is 5.65 Å². The number of anilines is 1. The molecular formula is C9H12N4OS. The number of hydrogen-bond donors (Lipinski definition) is 1. The molecule has 15 heavy (non-hydrogen) atoms. The summed E-state index contributed by atoms with van der Waals surface area (Å²) in [5.41, 5.74) is 7.28. The lowest BCUT2D eigenvalue weighted by molar-refractivity contribution is 0.679. The van der Waals surface area contributed by atoms with E-state index in [2.05, 4.69) is 9.97 Å². The van der Waals surface area contributed by atoms with E-state index in [0.29, 0.717) is 18.2 Å². The van der Waals surface area contributed by atoms with E-state index in [1.165, 1.54) is 0 Å². The van der Waals surface area contributed by atoms with Crippen LogP contribution >= 0.6 is 0 Å². The van der Waals surface area contributed by atoms with Crippen molar-refractivity contribution in [3.63, 3.8) is 0 Å². The minimum atomic E-state index is -0.833. The van der Waals surface area contributed by atoms with Crippen molar-refractivity contribution in [3.05, 3.63) is 18.3 Å². The van der Waals surface area contributed by atoms with Gasteiger partial charge in [-0.3, -0.25) is 8.78 Å². The summed E-state index contributed by atoms with van der Waals surface area (Å²) in [7, 11) is -0.833. The molecule has 0 aliphatic rings. The molecule has 2 rings (SSSR count). The Morgan fingerprint density at radius 3 is 3.13 bits per heavy atom. The molecule has 6 heteroatoms. The Bertz CT molecular complexity index is 508. The lowest BCUT2D eigenvalue weighted by Crippen LogP contribution is -2.09. The van der Waals surface area contributed by atoms with Gasteiger partial charge in [-0.2, -0.15) is 0 Å². The average Bonchev–Trinajstić information content (AvgIpc) is 2.50. The molecule has 2 heterocycles. The van der Waals surface area contributed by atoms with Crippen LogP contribution in [-0.2, 0) is 17.3 Å². The number of aromatic nitrogens is 3. The molecule has 5 nitrogen and oxygen atoms in total. The third-order valence-corrected chi connectivity index (χ3v) is 2.89. The number of pyridine rings is 1. The zero-order valence-electron chi connectivity index (χ0n) is 8.38. The van der Waals surface area contributed by atoms with Crippen molar-refractivity contribution < 1.29 is 4.21 Å². The molecular weight excluding hydrogens is 212 g/mol. The number of nitrogens with two attached hydrogens (primary N) is 1. The van der Waals surface area contributed by atoms with Crippen LogP contribution in [0.5, 0.6) is 0 Å². The molecule has 80 valence electrons. The van der Waals surface area contributed by atoms with Crippen LogP contribution in [0, 0.1) is 0 Å². The van der Waals surface area contributed by atoms with E-state index in [-0.39, 0.29) is 0 Å². The summed E-state index contributed by atoms with van der Waals surface area (Å²) in [6.07, 6.45) is 3.37. The highest BCUT2D eigenvalue weighted by Gasteiger charge is 2.08. The lowest BCUT2D eigenvalue weighted by Gasteiger charge is -2.03. The normalized spacial score (nSPS) is 13.1. The molecule has 0 aliphatic heterocycles. The van der Waals surface area contributed by atoms with Gasteiger partial charge in [0.2, 0.25) is 5.95 Å². The Labute approximate surface area is 89.8 Å². The minimum Gasteiger partial charge on any atom is -0.369 e. The second kappa shape index (κ2) is 3.98. The van der Waals surface area contributed by atoms with Gasteiger partial charge in [0.25, 0.3) is 0 Å². The first-order chi connectivity index (χ1) is 7.18. The first-order valence-electron chi connectivity index (χ1n) is 4.55. The predicted molar refractivity (Wildman–Crippen MR) is 60.9 cm³/mol. The van der Waals surface area contributed by atoms with Gasteiger partial charge < -0.3 is 5.73 Å². The first kappa shape index (κ1) is 10.1. The van der Waals surface area contributed by atoms with Gasteiger partial charge in [-0.1, -0.05) is 0 Å². The van der Waals surface area contributed by atoms with Crippen molar-refractivity contribution >= 4 is 27.9 Å². The van der Waals surface area contributed by atoms with Gasteiger partial charge in [0.1, 0.15) is 5.52 Å². The summed E-state index contributed by atoms with van der Waals surface area (Å²) >= 11 is 0. The molecule has 0 spiro atoms. The molecule has 0 bridgehead atoms. The summed E-state index contributed by atoms with van der Waals surface area (Å²) in [5.74, 6) is 0.987. The van der Waals surface area contributed by atoms with E-state index in [9.17, 15) is 4.21 Å². The fourth-order valence-electron chi connectivity index (χ4n) is 1.42. The fourth-order valence-corrected chi connectivity index (χ4v) is 1.86. The molecule has 0 radical (unpaired) electrons. The van der Waals surface area contributed by atoms with E-state index in [0.717, 1.165) is 11.2 Å². The summed E-state index contributed by atoms with van der Waals surface area (Å²) in [5, 5.41) is 0. The number of nitrogen functional groups attached to an aromatic ring is 1. The van der Waals surface area contributed by atoms with Crippen LogP contribution in [0.4, 0.5) is 5.95 Å². The van der Waals surface area contributed by atoms with Crippen LogP contribution in [0.1, 0.15) is 0 Å². The standard InChI is InChI=1S/C9H12N4OS/c1-15(14)6-5-13-8-7(12-9(13)10)3-2-4-11-8/h2-4H,5-6H2,1H3,(H2,10,12). The van der Waals surface area contributed by atoms with Gasteiger partial charge in [-0.05, 0) is 12.1 Å². The highest BCUT2D eigenvalue weighted by Crippen LogP contribution is 2.14. The maximum atomic E-state index is 11.0. The molecule has 2 N–H and O–H groups in total. The number of aryl methyl sites for hydroxylation is 1. The van der Waals surface area contributed by atoms with Crippen LogP contribution in [-0.4, -0.2) is 30.8 Å². The number of imidazole rings is 1. The van der Waals surface area contributed by atoms with E-state index in [4.69, 9.17) is 5.73 Å². The monoisotopic (exact) mass is 224 g/mol. The van der Waals surface area contributed by atoms with Gasteiger partial charge in [-0.15, -0.1) is 0 Å². The zero-order valence-corrected chi connectivity index (χ0v) is 9.20. The first-order valence-corrected chi connectivity index (χ1v) is 6.28. The van der Waals surface area contributed by atoms with Crippen LogP contribution in [0.25, 0.3) is 11.2 Å². The summed E-state index contributed by atoms with van der Waals surface area (Å²) < 4.78 is 12.8. The maximum absolute atomic E-state index is 11.0. The summed E-state index contributed by atoms with van der Waals surface area (Å²) in [6.45, 7) is 0.586. The summed E-state index contributed by atoms with van der Waals surface area (Å²) in [4.78, 5) is 8.37. The Morgan fingerprint density at radius 1 is 1.60 bits per heavy atom. The molecule has 0 amide bonds. The molecule has 1 atom stereocenters. The maximum Gasteiger partial charge on any atom is 0.202 e. The second-order valence-corrected chi connectivity index (χ2v) is 4.80. The largest absolute Gasteiger partial charge is 0.369 e. The Kier molecular flexibility index (Phi) is 2.68. The number of nitrogens with zero attached hydrogens (tertiary/aromatic N) is 3. The van der Waals surface area contributed by atoms with E-state index >= 15 is 0 Å². The van der Waals surface area contributed by atoms with E-state index in [1.807, 2.05) is 12.1 Å². The van der Waals surface area contributed by atoms with E-state index < -0.39 is 10.8 Å². The summed E-state index contributed by atoms with van der Waals surface area (Å²) in [6, 6.07) is 3.68. The van der Waals surface area contributed by atoms with Crippen LogP contribution in [0.2, 0.25) is 0 Å². The third-order valence-electron chi connectivity index (χ3n) is 2.14. The smallest absolute Gasteiger partial charge is 0.202 e. The number of hydrogen-bond acceptors (Lipinski definition) is 4. The van der Waals surface area contributed by atoms with E-state index in [1.54, 1.807) is 17.0 Å². The molecule has 0 fully saturated rings. The number of rotatable bonds is 3. The highest BCUT2D eigenvalue weighted by molar-refractivity contribution is 7.84. The average molecular weight is 224 g/mol. The Hall–Kier alpha value is -1.43. The van der Waals surface area contributed by atoms with Crippen molar-refractivity contribution in [2.24, 2.45) is 0 Å². The minimum absolute atomic E-state index is 0.425. The molecule has 0 aromatic carbocycles. The van der Waals surface area contributed by atoms with Crippen molar-refractivity contribution in [2.75, 3.05) is 17.7 Å².